The summed E-state index contributed by atoms with van der Waals surface area (Å²) in [6.45, 7) is 7.55. The summed E-state index contributed by atoms with van der Waals surface area (Å²) in [4.78, 5) is 22.1. The van der Waals surface area contributed by atoms with E-state index >= 15 is 0 Å². The number of carbonyl (C=O) groups is 1. The van der Waals surface area contributed by atoms with Gasteiger partial charge in [0.2, 0.25) is 0 Å². The van der Waals surface area contributed by atoms with Gasteiger partial charge in [0.25, 0.3) is 5.91 Å². The molecule has 4 aromatic rings. The van der Waals surface area contributed by atoms with Gasteiger partial charge in [-0.25, -0.2) is 9.97 Å². The number of hydrogen-bond acceptors (Lipinski definition) is 7. The Morgan fingerprint density at radius 2 is 1.92 bits per heavy atom. The van der Waals surface area contributed by atoms with Gasteiger partial charge in [-0.1, -0.05) is 31.2 Å². The summed E-state index contributed by atoms with van der Waals surface area (Å²) in [7, 11) is 0. The van der Waals surface area contributed by atoms with Gasteiger partial charge in [-0.05, 0) is 50.1 Å². The van der Waals surface area contributed by atoms with Crippen molar-refractivity contribution in [1.82, 2.24) is 30.8 Å². The number of H-pyrrole nitrogens is 1. The Balaban J connectivity index is 1.37. The molecule has 0 radical (unpaired) electrons. The van der Waals surface area contributed by atoms with Crippen molar-refractivity contribution in [3.05, 3.63) is 72.2 Å². The summed E-state index contributed by atoms with van der Waals surface area (Å²) in [5, 5.41) is 16.8. The highest BCUT2D eigenvalue weighted by Crippen LogP contribution is 2.29. The van der Waals surface area contributed by atoms with Crippen LogP contribution in [-0.4, -0.2) is 44.8 Å². The SMILES string of the molecule is CCC(C)(C)NC(=O)COc1cccc(-c2nc3c(c(Nc4ccc(-c5cn[nH]c5)cc4)n2)CNCC3)c1. The van der Waals surface area contributed by atoms with E-state index in [4.69, 9.17) is 14.7 Å². The number of aromatic nitrogens is 4. The first-order chi connectivity index (χ1) is 18.4. The average molecular weight is 512 g/mol. The number of rotatable bonds is 9. The van der Waals surface area contributed by atoms with Crippen molar-refractivity contribution in [2.45, 2.75) is 45.7 Å². The molecule has 38 heavy (non-hydrogen) atoms. The van der Waals surface area contributed by atoms with Crippen LogP contribution in [0.3, 0.4) is 0 Å². The van der Waals surface area contributed by atoms with E-state index in [1.807, 2.05) is 63.4 Å². The quantitative estimate of drug-likeness (QED) is 0.259. The number of ether oxygens (including phenoxy) is 1. The Hall–Kier alpha value is -4.24. The van der Waals surface area contributed by atoms with Crippen molar-refractivity contribution in [2.24, 2.45) is 0 Å². The third kappa shape index (κ3) is 6.00. The molecule has 0 fully saturated rings. The van der Waals surface area contributed by atoms with Crippen molar-refractivity contribution in [3.8, 4) is 28.3 Å². The fourth-order valence-corrected chi connectivity index (χ4v) is 4.24. The summed E-state index contributed by atoms with van der Waals surface area (Å²) in [6.07, 6.45) is 5.33. The van der Waals surface area contributed by atoms with E-state index in [-0.39, 0.29) is 18.1 Å². The van der Waals surface area contributed by atoms with Crippen LogP contribution in [-0.2, 0) is 17.8 Å². The van der Waals surface area contributed by atoms with Gasteiger partial charge in [0.1, 0.15) is 11.6 Å². The minimum Gasteiger partial charge on any atom is -0.484 e. The molecule has 0 spiro atoms. The van der Waals surface area contributed by atoms with E-state index in [0.717, 1.165) is 58.8 Å². The van der Waals surface area contributed by atoms with Crippen molar-refractivity contribution >= 4 is 17.4 Å². The summed E-state index contributed by atoms with van der Waals surface area (Å²) >= 11 is 0. The van der Waals surface area contributed by atoms with E-state index in [0.29, 0.717) is 18.1 Å². The molecule has 0 saturated heterocycles. The summed E-state index contributed by atoms with van der Waals surface area (Å²) in [6, 6.07) is 15.7. The zero-order valence-electron chi connectivity index (χ0n) is 22.0. The monoisotopic (exact) mass is 511 g/mol. The summed E-state index contributed by atoms with van der Waals surface area (Å²) in [5.41, 5.74) is 5.72. The normalized spacial score (nSPS) is 13.0. The number of amides is 1. The van der Waals surface area contributed by atoms with E-state index in [9.17, 15) is 4.79 Å². The molecular formula is C29H33N7O2. The number of nitrogens with one attached hydrogen (secondary N) is 4. The molecule has 5 rings (SSSR count). The number of hydrogen-bond donors (Lipinski definition) is 4. The van der Waals surface area contributed by atoms with Crippen LogP contribution < -0.4 is 20.7 Å². The lowest BCUT2D eigenvalue weighted by molar-refractivity contribution is -0.124. The van der Waals surface area contributed by atoms with Crippen LogP contribution in [0, 0.1) is 0 Å². The summed E-state index contributed by atoms with van der Waals surface area (Å²) < 4.78 is 5.80. The Morgan fingerprint density at radius 3 is 2.68 bits per heavy atom. The van der Waals surface area contributed by atoms with Crippen molar-refractivity contribution in [1.29, 1.82) is 0 Å². The second-order valence-corrected chi connectivity index (χ2v) is 10.0. The zero-order valence-corrected chi connectivity index (χ0v) is 22.0. The lowest BCUT2D eigenvalue weighted by Gasteiger charge is -2.24. The van der Waals surface area contributed by atoms with Gasteiger partial charge >= 0.3 is 0 Å². The molecule has 3 heterocycles. The molecule has 0 unspecified atom stereocenters. The van der Waals surface area contributed by atoms with Gasteiger partial charge in [-0.2, -0.15) is 5.10 Å². The van der Waals surface area contributed by atoms with Crippen molar-refractivity contribution in [2.75, 3.05) is 18.5 Å². The van der Waals surface area contributed by atoms with Gasteiger partial charge in [0, 0.05) is 53.6 Å². The van der Waals surface area contributed by atoms with Gasteiger partial charge in [-0.3, -0.25) is 9.89 Å². The largest absolute Gasteiger partial charge is 0.484 e. The maximum absolute atomic E-state index is 12.3. The predicted octanol–water partition coefficient (Wildman–Crippen LogP) is 4.61. The molecule has 196 valence electrons. The lowest BCUT2D eigenvalue weighted by atomic mass is 10.0. The number of anilines is 2. The van der Waals surface area contributed by atoms with E-state index < -0.39 is 0 Å². The number of benzene rings is 2. The number of nitrogens with zero attached hydrogens (tertiary/aromatic N) is 3. The minimum absolute atomic E-state index is 0.0504. The second-order valence-electron chi connectivity index (χ2n) is 10.0. The van der Waals surface area contributed by atoms with Crippen molar-refractivity contribution < 1.29 is 9.53 Å². The maximum atomic E-state index is 12.3. The molecule has 0 atom stereocenters. The average Bonchev–Trinajstić information content (AvgIpc) is 3.47. The van der Waals surface area contributed by atoms with Gasteiger partial charge in [0.05, 0.1) is 11.9 Å². The van der Waals surface area contributed by atoms with E-state index in [1.54, 1.807) is 6.20 Å². The highest BCUT2D eigenvalue weighted by molar-refractivity contribution is 5.78. The number of fused-ring (bicyclic) bond motifs is 1. The molecule has 0 saturated carbocycles. The van der Waals surface area contributed by atoms with Crippen LogP contribution in [0.15, 0.2) is 60.9 Å². The number of carbonyl (C=O) groups excluding carboxylic acids is 1. The Bertz CT molecular complexity index is 1400. The predicted molar refractivity (Wildman–Crippen MR) is 148 cm³/mol. The Kier molecular flexibility index (Phi) is 7.37. The number of aromatic amines is 1. The molecular weight excluding hydrogens is 478 g/mol. The highest BCUT2D eigenvalue weighted by Gasteiger charge is 2.20. The van der Waals surface area contributed by atoms with Crippen LogP contribution in [0.25, 0.3) is 22.5 Å². The van der Waals surface area contributed by atoms with Crippen LogP contribution >= 0.6 is 0 Å². The summed E-state index contributed by atoms with van der Waals surface area (Å²) in [5.74, 6) is 1.84. The van der Waals surface area contributed by atoms with E-state index in [2.05, 4.69) is 38.3 Å². The molecule has 1 aliphatic rings. The van der Waals surface area contributed by atoms with Gasteiger partial charge in [0.15, 0.2) is 12.4 Å². The molecule has 4 N–H and O–H groups in total. The van der Waals surface area contributed by atoms with Crippen LogP contribution in [0.2, 0.25) is 0 Å². The molecule has 1 aliphatic heterocycles. The topological polar surface area (TPSA) is 117 Å². The second kappa shape index (κ2) is 11.0. The molecule has 1 amide bonds. The van der Waals surface area contributed by atoms with Gasteiger partial charge in [-0.15, -0.1) is 0 Å². The smallest absolute Gasteiger partial charge is 0.258 e. The standard InChI is InChI=1S/C29H33N7O2/c1-4-29(2,3)36-26(37)18-38-23-7-5-6-20(14-23)27-34-25-12-13-30-17-24(25)28(35-27)33-22-10-8-19(9-11-22)21-15-31-32-16-21/h5-11,14-16,30H,4,12-13,17-18H2,1-3H3,(H,31,32)(H,36,37)(H,33,34,35). The van der Waals surface area contributed by atoms with Crippen LogP contribution in [0.4, 0.5) is 11.5 Å². The lowest BCUT2D eigenvalue weighted by Crippen LogP contribution is -2.44. The van der Waals surface area contributed by atoms with Crippen molar-refractivity contribution in [3.63, 3.8) is 0 Å². The minimum atomic E-state index is -0.267. The van der Waals surface area contributed by atoms with E-state index in [1.165, 1.54) is 0 Å². The molecule has 2 aromatic carbocycles. The first kappa shape index (κ1) is 25.4. The molecule has 0 aliphatic carbocycles. The van der Waals surface area contributed by atoms with Crippen LogP contribution in [0.1, 0.15) is 38.4 Å². The maximum Gasteiger partial charge on any atom is 0.258 e. The zero-order chi connectivity index (χ0) is 26.5. The first-order valence-corrected chi connectivity index (χ1v) is 12.9. The third-order valence-electron chi connectivity index (χ3n) is 6.74. The van der Waals surface area contributed by atoms with Crippen LogP contribution in [0.5, 0.6) is 5.75 Å². The molecule has 9 heteroatoms. The third-order valence-corrected chi connectivity index (χ3v) is 6.74. The fraction of sp³-hybridized carbons (Fsp3) is 0.310. The van der Waals surface area contributed by atoms with Gasteiger partial charge < -0.3 is 20.7 Å². The highest BCUT2D eigenvalue weighted by atomic mass is 16.5. The molecule has 2 aromatic heterocycles. The fourth-order valence-electron chi connectivity index (χ4n) is 4.24. The first-order valence-electron chi connectivity index (χ1n) is 12.9. The molecule has 9 nitrogen and oxygen atoms in total. The Morgan fingerprint density at radius 1 is 1.08 bits per heavy atom. The Labute approximate surface area is 222 Å². The molecule has 0 bridgehead atoms.